The predicted octanol–water partition coefficient (Wildman–Crippen LogP) is 16.0. The Hall–Kier alpha value is -7.00. The van der Waals surface area contributed by atoms with Crippen molar-refractivity contribution in [3.05, 3.63) is 212 Å². The highest BCUT2D eigenvalue weighted by molar-refractivity contribution is 7.25. The van der Waals surface area contributed by atoms with Gasteiger partial charge in [0, 0.05) is 37.2 Å². The Morgan fingerprint density at radius 2 is 0.857 bits per heavy atom. The molecule has 0 saturated heterocycles. The van der Waals surface area contributed by atoms with Crippen molar-refractivity contribution < 1.29 is 0 Å². The van der Waals surface area contributed by atoms with Gasteiger partial charge in [-0.25, -0.2) is 0 Å². The fourth-order valence-corrected chi connectivity index (χ4v) is 9.65. The van der Waals surface area contributed by atoms with E-state index in [2.05, 4.69) is 217 Å². The molecule has 1 heterocycles. The van der Waals surface area contributed by atoms with Crippen molar-refractivity contribution in [3.8, 4) is 33.4 Å². The van der Waals surface area contributed by atoms with Crippen LogP contribution in [-0.4, -0.2) is 0 Å². The Labute approximate surface area is 330 Å². The Bertz CT molecular complexity index is 3250. The first-order valence-electron chi connectivity index (χ1n) is 19.2. The molecular weight excluding hydrogens is 695 g/mol. The van der Waals surface area contributed by atoms with E-state index < -0.39 is 0 Å². The highest BCUT2D eigenvalue weighted by Crippen LogP contribution is 2.44. The first-order chi connectivity index (χ1) is 27.7. The zero-order valence-electron chi connectivity index (χ0n) is 30.6. The molecule has 56 heavy (non-hydrogen) atoms. The maximum atomic E-state index is 2.41. The zero-order valence-corrected chi connectivity index (χ0v) is 31.4. The van der Waals surface area contributed by atoms with Gasteiger partial charge in [0.2, 0.25) is 0 Å². The topological polar surface area (TPSA) is 3.24 Å². The second kappa shape index (κ2) is 13.4. The number of hydrogen-bond donors (Lipinski definition) is 0. The molecule has 1 nitrogen and oxygen atoms in total. The molecule has 262 valence electrons. The molecule has 0 N–H and O–H groups in total. The number of nitrogens with zero attached hydrogens (tertiary/aromatic N) is 1. The molecule has 0 aliphatic heterocycles. The minimum atomic E-state index is 1.11. The summed E-state index contributed by atoms with van der Waals surface area (Å²) in [6, 6.07) is 77.8. The second-order valence-corrected chi connectivity index (χ2v) is 15.6. The maximum Gasteiger partial charge on any atom is 0.0468 e. The number of fused-ring (bicyclic) bond motifs is 7. The van der Waals surface area contributed by atoms with Crippen LogP contribution in [0.25, 0.3) is 85.9 Å². The lowest BCUT2D eigenvalue weighted by Gasteiger charge is -2.26. The first-order valence-corrected chi connectivity index (χ1v) is 20.0. The smallest absolute Gasteiger partial charge is 0.0468 e. The van der Waals surface area contributed by atoms with E-state index in [1.54, 1.807) is 0 Å². The lowest BCUT2D eigenvalue weighted by atomic mass is 9.89. The normalized spacial score (nSPS) is 11.6. The molecule has 0 fully saturated rings. The molecule has 0 bridgehead atoms. The number of anilines is 3. The summed E-state index contributed by atoms with van der Waals surface area (Å²) in [6.07, 6.45) is 0. The van der Waals surface area contributed by atoms with Crippen LogP contribution in [0.1, 0.15) is 0 Å². The van der Waals surface area contributed by atoms with E-state index in [4.69, 9.17) is 0 Å². The van der Waals surface area contributed by atoms with Crippen LogP contribution < -0.4 is 4.90 Å². The molecule has 0 unspecified atom stereocenters. The molecule has 11 rings (SSSR count). The van der Waals surface area contributed by atoms with E-state index in [-0.39, 0.29) is 0 Å². The standard InChI is InChI=1S/C54H35NS/c1-2-13-36(14-3-1)37-25-27-42(28-26-37)55(44-29-30-53-52(35-44)51-32-38-15-4-5-16-39(38)34-54(51)56-53)43-19-12-18-40(31-43)45-21-8-9-23-48(45)50-33-41-17-6-7-20-46(41)47-22-10-11-24-49(47)50/h1-35H. The van der Waals surface area contributed by atoms with Crippen LogP contribution >= 0.6 is 11.3 Å². The third-order valence-electron chi connectivity index (χ3n) is 11.2. The molecule has 0 aliphatic rings. The summed E-state index contributed by atoms with van der Waals surface area (Å²) in [5.74, 6) is 0. The van der Waals surface area contributed by atoms with Crippen LogP contribution in [0.2, 0.25) is 0 Å². The summed E-state index contributed by atoms with van der Waals surface area (Å²) in [7, 11) is 0. The minimum absolute atomic E-state index is 1.11. The molecule has 0 aliphatic carbocycles. The molecule has 0 radical (unpaired) electrons. The van der Waals surface area contributed by atoms with Crippen LogP contribution in [-0.2, 0) is 0 Å². The highest BCUT2D eigenvalue weighted by Gasteiger charge is 2.18. The molecule has 2 heteroatoms. The largest absolute Gasteiger partial charge is 0.310 e. The van der Waals surface area contributed by atoms with E-state index in [0.29, 0.717) is 0 Å². The SMILES string of the molecule is c1ccc(-c2ccc(N(c3cccc(-c4ccccc4-c4cc5ccccc5c5ccccc45)c3)c3ccc4sc5cc6ccccc6cc5c4c3)cc2)cc1. The van der Waals surface area contributed by atoms with Crippen LogP contribution in [0.4, 0.5) is 17.1 Å². The maximum absolute atomic E-state index is 2.41. The summed E-state index contributed by atoms with van der Waals surface area (Å²) in [4.78, 5) is 2.41. The highest BCUT2D eigenvalue weighted by atomic mass is 32.1. The molecule has 0 atom stereocenters. The van der Waals surface area contributed by atoms with E-state index in [9.17, 15) is 0 Å². The van der Waals surface area contributed by atoms with Gasteiger partial charge in [0.05, 0.1) is 0 Å². The Morgan fingerprint density at radius 1 is 0.268 bits per heavy atom. The zero-order chi connectivity index (χ0) is 37.0. The fraction of sp³-hybridized carbons (Fsp3) is 0. The number of benzene rings is 10. The molecule has 0 amide bonds. The first kappa shape index (κ1) is 32.4. The monoisotopic (exact) mass is 729 g/mol. The Kier molecular flexibility index (Phi) is 7.75. The van der Waals surface area contributed by atoms with E-state index in [1.165, 1.54) is 85.9 Å². The van der Waals surface area contributed by atoms with Gasteiger partial charge < -0.3 is 4.90 Å². The summed E-state index contributed by atoms with van der Waals surface area (Å²) in [5.41, 5.74) is 10.6. The summed E-state index contributed by atoms with van der Waals surface area (Å²) in [5, 5.41) is 10.2. The van der Waals surface area contributed by atoms with Crippen molar-refractivity contribution in [1.29, 1.82) is 0 Å². The average molecular weight is 730 g/mol. The van der Waals surface area contributed by atoms with Gasteiger partial charge in [-0.1, -0.05) is 152 Å². The summed E-state index contributed by atoms with van der Waals surface area (Å²) < 4.78 is 2.61. The van der Waals surface area contributed by atoms with Crippen molar-refractivity contribution in [2.24, 2.45) is 0 Å². The molecule has 0 saturated carbocycles. The van der Waals surface area contributed by atoms with Crippen molar-refractivity contribution in [1.82, 2.24) is 0 Å². The van der Waals surface area contributed by atoms with E-state index >= 15 is 0 Å². The number of hydrogen-bond acceptors (Lipinski definition) is 2. The van der Waals surface area contributed by atoms with Gasteiger partial charge in [-0.3, -0.25) is 0 Å². The fourth-order valence-electron chi connectivity index (χ4n) is 8.53. The summed E-state index contributed by atoms with van der Waals surface area (Å²) >= 11 is 1.87. The van der Waals surface area contributed by atoms with Crippen molar-refractivity contribution in [3.63, 3.8) is 0 Å². The average Bonchev–Trinajstić information content (AvgIpc) is 3.62. The van der Waals surface area contributed by atoms with Crippen LogP contribution in [0, 0.1) is 0 Å². The van der Waals surface area contributed by atoms with E-state index in [0.717, 1.165) is 17.1 Å². The van der Waals surface area contributed by atoms with Crippen LogP contribution in [0.3, 0.4) is 0 Å². The van der Waals surface area contributed by atoms with Crippen molar-refractivity contribution in [2.75, 3.05) is 4.90 Å². The third kappa shape index (κ3) is 5.54. The van der Waals surface area contributed by atoms with Gasteiger partial charge in [-0.15, -0.1) is 11.3 Å². The third-order valence-corrected chi connectivity index (χ3v) is 12.3. The number of thiophene rings is 1. The van der Waals surface area contributed by atoms with Crippen LogP contribution in [0.5, 0.6) is 0 Å². The van der Waals surface area contributed by atoms with Crippen molar-refractivity contribution >= 4 is 80.9 Å². The summed E-state index contributed by atoms with van der Waals surface area (Å²) in [6.45, 7) is 0. The molecule has 1 aromatic heterocycles. The lowest BCUT2D eigenvalue weighted by molar-refractivity contribution is 1.29. The van der Waals surface area contributed by atoms with Gasteiger partial charge in [0.25, 0.3) is 0 Å². The molecule has 0 spiro atoms. The quantitative estimate of drug-likeness (QED) is 0.154. The van der Waals surface area contributed by atoms with Crippen LogP contribution in [0.15, 0.2) is 212 Å². The van der Waals surface area contributed by atoms with Gasteiger partial charge >= 0.3 is 0 Å². The second-order valence-electron chi connectivity index (χ2n) is 14.5. The van der Waals surface area contributed by atoms with Gasteiger partial charge in [-0.05, 0) is 126 Å². The van der Waals surface area contributed by atoms with Gasteiger partial charge in [0.15, 0.2) is 0 Å². The van der Waals surface area contributed by atoms with Gasteiger partial charge in [0.1, 0.15) is 0 Å². The Balaban J connectivity index is 1.09. The van der Waals surface area contributed by atoms with Crippen molar-refractivity contribution in [2.45, 2.75) is 0 Å². The van der Waals surface area contributed by atoms with Gasteiger partial charge in [-0.2, -0.15) is 0 Å². The van der Waals surface area contributed by atoms with E-state index in [1.807, 2.05) is 11.3 Å². The number of rotatable bonds is 6. The Morgan fingerprint density at radius 3 is 1.68 bits per heavy atom. The lowest BCUT2D eigenvalue weighted by Crippen LogP contribution is -2.10. The minimum Gasteiger partial charge on any atom is -0.310 e. The molecule has 11 aromatic rings. The molecule has 10 aromatic carbocycles. The predicted molar refractivity (Wildman–Crippen MR) is 243 cm³/mol. The molecular formula is C54H35NS.